The number of sulfonamides is 1. The standard InChI is InChI=1S/C12H21N3O2S2/c1-10(8-9-18-3)15(2)19(16,17)12-7-5-4-6-11(12)14-13/h4-7,10,14H,8-9,13H2,1-3H3. The molecule has 0 radical (unpaired) electrons. The van der Waals surface area contributed by atoms with Crippen molar-refractivity contribution in [1.29, 1.82) is 0 Å². The van der Waals surface area contributed by atoms with Crippen LogP contribution in [-0.2, 0) is 10.0 Å². The van der Waals surface area contributed by atoms with Gasteiger partial charge < -0.3 is 5.43 Å². The summed E-state index contributed by atoms with van der Waals surface area (Å²) in [6, 6.07) is 6.58. The molecule has 0 heterocycles. The predicted octanol–water partition coefficient (Wildman–Crippen LogP) is 1.73. The fraction of sp³-hybridized carbons (Fsp3) is 0.500. The number of hydrazine groups is 1. The maximum atomic E-state index is 12.5. The van der Waals surface area contributed by atoms with Crippen LogP contribution in [0.25, 0.3) is 0 Å². The molecular weight excluding hydrogens is 282 g/mol. The summed E-state index contributed by atoms with van der Waals surface area (Å²) in [5.41, 5.74) is 2.84. The molecule has 0 bridgehead atoms. The molecule has 0 saturated carbocycles. The molecular formula is C12H21N3O2S2. The highest BCUT2D eigenvalue weighted by atomic mass is 32.2. The Hall–Kier alpha value is -0.760. The van der Waals surface area contributed by atoms with Gasteiger partial charge in [-0.3, -0.25) is 5.84 Å². The van der Waals surface area contributed by atoms with Gasteiger partial charge in [0.05, 0.1) is 5.69 Å². The summed E-state index contributed by atoms with van der Waals surface area (Å²) in [5, 5.41) is 0. The molecule has 1 aromatic carbocycles. The Morgan fingerprint density at radius 1 is 1.42 bits per heavy atom. The maximum Gasteiger partial charge on any atom is 0.245 e. The quantitative estimate of drug-likeness (QED) is 0.593. The van der Waals surface area contributed by atoms with Crippen LogP contribution in [0.15, 0.2) is 29.2 Å². The topological polar surface area (TPSA) is 75.4 Å². The third-order valence-electron chi connectivity index (χ3n) is 3.06. The number of rotatable bonds is 7. The fourth-order valence-electron chi connectivity index (χ4n) is 1.67. The molecule has 108 valence electrons. The minimum absolute atomic E-state index is 0.0525. The van der Waals surface area contributed by atoms with Gasteiger partial charge in [-0.15, -0.1) is 0 Å². The monoisotopic (exact) mass is 303 g/mol. The van der Waals surface area contributed by atoms with Gasteiger partial charge in [-0.1, -0.05) is 12.1 Å². The summed E-state index contributed by atoms with van der Waals surface area (Å²) in [4.78, 5) is 0.205. The van der Waals surface area contributed by atoms with Crippen molar-refractivity contribution in [3.05, 3.63) is 24.3 Å². The van der Waals surface area contributed by atoms with Crippen LogP contribution < -0.4 is 11.3 Å². The number of benzene rings is 1. The molecule has 0 aliphatic carbocycles. The number of thioether (sulfide) groups is 1. The number of anilines is 1. The van der Waals surface area contributed by atoms with Crippen LogP contribution in [0, 0.1) is 0 Å². The first-order valence-electron chi connectivity index (χ1n) is 5.97. The highest BCUT2D eigenvalue weighted by molar-refractivity contribution is 7.98. The molecule has 7 heteroatoms. The molecule has 0 amide bonds. The largest absolute Gasteiger partial charge is 0.323 e. The Bertz CT molecular complexity index is 505. The molecule has 5 nitrogen and oxygen atoms in total. The molecule has 3 N–H and O–H groups in total. The minimum atomic E-state index is -3.53. The smallest absolute Gasteiger partial charge is 0.245 e. The molecule has 0 aliphatic rings. The Morgan fingerprint density at radius 2 is 2.05 bits per heavy atom. The van der Waals surface area contributed by atoms with E-state index in [2.05, 4.69) is 5.43 Å². The molecule has 0 saturated heterocycles. The van der Waals surface area contributed by atoms with Gasteiger partial charge in [0.2, 0.25) is 10.0 Å². The number of nitrogens with zero attached hydrogens (tertiary/aromatic N) is 1. The average molecular weight is 303 g/mol. The Labute approximate surface area is 119 Å². The summed E-state index contributed by atoms with van der Waals surface area (Å²) in [6.07, 6.45) is 2.82. The van der Waals surface area contributed by atoms with Gasteiger partial charge in [-0.25, -0.2) is 8.42 Å². The van der Waals surface area contributed by atoms with E-state index in [9.17, 15) is 8.42 Å². The number of nitrogens with two attached hydrogens (primary N) is 1. The van der Waals surface area contributed by atoms with E-state index < -0.39 is 10.0 Å². The third kappa shape index (κ3) is 3.85. The van der Waals surface area contributed by atoms with Crippen molar-refractivity contribution in [2.45, 2.75) is 24.3 Å². The average Bonchev–Trinajstić information content (AvgIpc) is 2.43. The van der Waals surface area contributed by atoms with Crippen molar-refractivity contribution in [2.24, 2.45) is 5.84 Å². The second-order valence-electron chi connectivity index (χ2n) is 4.29. The van der Waals surface area contributed by atoms with Crippen molar-refractivity contribution in [3.8, 4) is 0 Å². The second kappa shape index (κ2) is 7.14. The van der Waals surface area contributed by atoms with Crippen LogP contribution in [0.5, 0.6) is 0 Å². The van der Waals surface area contributed by atoms with Gasteiger partial charge in [-0.2, -0.15) is 16.1 Å². The van der Waals surface area contributed by atoms with Crippen molar-refractivity contribution in [3.63, 3.8) is 0 Å². The molecule has 1 rings (SSSR count). The molecule has 19 heavy (non-hydrogen) atoms. The van der Waals surface area contributed by atoms with Gasteiger partial charge in [0.25, 0.3) is 0 Å². The zero-order valence-electron chi connectivity index (χ0n) is 11.5. The number of para-hydroxylation sites is 1. The number of hydrogen-bond acceptors (Lipinski definition) is 5. The summed E-state index contributed by atoms with van der Waals surface area (Å²) in [6.45, 7) is 1.91. The molecule has 1 atom stereocenters. The van der Waals surface area contributed by atoms with Crippen molar-refractivity contribution < 1.29 is 8.42 Å². The van der Waals surface area contributed by atoms with Crippen LogP contribution in [0.2, 0.25) is 0 Å². The molecule has 0 spiro atoms. The first-order valence-corrected chi connectivity index (χ1v) is 8.81. The summed E-state index contributed by atoms with van der Waals surface area (Å²) < 4.78 is 26.5. The summed E-state index contributed by atoms with van der Waals surface area (Å²) in [7, 11) is -1.93. The van der Waals surface area contributed by atoms with Crippen molar-refractivity contribution in [2.75, 3.05) is 24.5 Å². The van der Waals surface area contributed by atoms with Crippen LogP contribution in [0.3, 0.4) is 0 Å². The maximum absolute atomic E-state index is 12.5. The van der Waals surface area contributed by atoms with Gasteiger partial charge >= 0.3 is 0 Å². The highest BCUT2D eigenvalue weighted by Crippen LogP contribution is 2.24. The molecule has 0 aliphatic heterocycles. The third-order valence-corrected chi connectivity index (χ3v) is 5.73. The SMILES string of the molecule is CSCCC(C)N(C)S(=O)(=O)c1ccccc1NN. The lowest BCUT2D eigenvalue weighted by molar-refractivity contribution is 0.382. The van der Waals surface area contributed by atoms with Crippen LogP contribution in [0.1, 0.15) is 13.3 Å². The molecule has 0 fully saturated rings. The van der Waals surface area contributed by atoms with Crippen LogP contribution >= 0.6 is 11.8 Å². The van der Waals surface area contributed by atoms with Gasteiger partial charge in [0.1, 0.15) is 4.90 Å². The number of nitrogen functional groups attached to an aromatic ring is 1. The molecule has 1 unspecified atom stereocenters. The van der Waals surface area contributed by atoms with E-state index in [1.807, 2.05) is 13.2 Å². The zero-order valence-corrected chi connectivity index (χ0v) is 13.1. The van der Waals surface area contributed by atoms with E-state index in [0.29, 0.717) is 5.69 Å². The van der Waals surface area contributed by atoms with Gasteiger partial charge in [-0.05, 0) is 37.5 Å². The second-order valence-corrected chi connectivity index (χ2v) is 7.24. The zero-order chi connectivity index (χ0) is 14.5. The lowest BCUT2D eigenvalue weighted by Crippen LogP contribution is -2.36. The van der Waals surface area contributed by atoms with E-state index in [0.717, 1.165) is 12.2 Å². The van der Waals surface area contributed by atoms with Crippen LogP contribution in [-0.4, -0.2) is 37.8 Å². The van der Waals surface area contributed by atoms with Crippen molar-refractivity contribution in [1.82, 2.24) is 4.31 Å². The van der Waals surface area contributed by atoms with Gasteiger partial charge in [0.15, 0.2) is 0 Å². The number of nitrogens with one attached hydrogen (secondary N) is 1. The first-order chi connectivity index (χ1) is 8.95. The normalized spacial score (nSPS) is 13.5. The van der Waals surface area contributed by atoms with E-state index in [-0.39, 0.29) is 10.9 Å². The summed E-state index contributed by atoms with van der Waals surface area (Å²) in [5.74, 6) is 6.30. The predicted molar refractivity (Wildman–Crippen MR) is 81.7 cm³/mol. The Morgan fingerprint density at radius 3 is 2.63 bits per heavy atom. The van der Waals surface area contributed by atoms with Gasteiger partial charge in [0, 0.05) is 13.1 Å². The first kappa shape index (κ1) is 16.3. The highest BCUT2D eigenvalue weighted by Gasteiger charge is 2.27. The fourth-order valence-corrected chi connectivity index (χ4v) is 3.79. The lowest BCUT2D eigenvalue weighted by Gasteiger charge is -2.25. The van der Waals surface area contributed by atoms with E-state index in [1.54, 1.807) is 43.1 Å². The molecule has 1 aromatic rings. The Balaban J connectivity index is 3.03. The Kier molecular flexibility index (Phi) is 6.12. The number of hydrogen-bond donors (Lipinski definition) is 2. The van der Waals surface area contributed by atoms with Crippen molar-refractivity contribution >= 4 is 27.5 Å². The van der Waals surface area contributed by atoms with E-state index in [1.165, 1.54) is 4.31 Å². The van der Waals surface area contributed by atoms with E-state index in [4.69, 9.17) is 5.84 Å². The lowest BCUT2D eigenvalue weighted by atomic mass is 10.3. The minimum Gasteiger partial charge on any atom is -0.323 e. The molecule has 0 aromatic heterocycles. The van der Waals surface area contributed by atoms with Crippen LogP contribution in [0.4, 0.5) is 5.69 Å². The van der Waals surface area contributed by atoms with E-state index >= 15 is 0 Å². The summed E-state index contributed by atoms with van der Waals surface area (Å²) >= 11 is 1.71.